The number of methoxy groups -OCH3 is 1. The fraction of sp³-hybridized carbons (Fsp3) is 0.458. The first-order valence-corrected chi connectivity index (χ1v) is 11.4. The lowest BCUT2D eigenvalue weighted by atomic mass is 9.83. The number of amides is 1. The fourth-order valence-corrected chi connectivity index (χ4v) is 5.27. The summed E-state index contributed by atoms with van der Waals surface area (Å²) in [6.07, 6.45) is 6.02. The zero-order chi connectivity index (χ0) is 24.0. The molecule has 2 N–H and O–H groups in total. The highest BCUT2D eigenvalue weighted by atomic mass is 19.3. The molecule has 2 aromatic heterocycles. The molecule has 0 unspecified atom stereocenters. The van der Waals surface area contributed by atoms with Crippen molar-refractivity contribution in [2.75, 3.05) is 25.5 Å². The van der Waals surface area contributed by atoms with Crippen LogP contribution in [0.2, 0.25) is 0 Å². The van der Waals surface area contributed by atoms with E-state index in [1.807, 2.05) is 24.1 Å². The summed E-state index contributed by atoms with van der Waals surface area (Å²) in [5, 5.41) is 11.4. The number of carbonyl (C=O) groups is 1. The Morgan fingerprint density at radius 2 is 1.97 bits per heavy atom. The second-order valence-electron chi connectivity index (χ2n) is 9.16. The molecule has 2 aliphatic rings. The Kier molecular flexibility index (Phi) is 5.63. The Morgan fingerprint density at radius 3 is 2.62 bits per heavy atom. The smallest absolute Gasteiger partial charge is 0.409 e. The summed E-state index contributed by atoms with van der Waals surface area (Å²) in [6, 6.07) is 5.45. The van der Waals surface area contributed by atoms with E-state index in [2.05, 4.69) is 14.7 Å². The van der Waals surface area contributed by atoms with Crippen LogP contribution in [0.4, 0.5) is 19.3 Å². The number of carboxylic acid groups (broad SMARTS) is 1. The zero-order valence-corrected chi connectivity index (χ0v) is 19.1. The molecular formula is C24H27F2N5O3. The predicted octanol–water partition coefficient (Wildman–Crippen LogP) is 4.78. The summed E-state index contributed by atoms with van der Waals surface area (Å²) < 4.78 is 34.1. The standard InChI is InChI=1S/C24H27F2N5O3/c1-14-21-20(16-5-8-18(28-23(32)33)19(11-16)34-2)29-22(31(21)10-9-27-14)15-3-6-17(7-4-15)30-12-24(25,26)13-30/h5,8-11,15,17,28H,3-4,6-7,12-13H2,1-2H3,(H,32,33)/t15-,17-. The SMILES string of the molecule is COc1cc(-c2nc([C@H]3CC[C@H](N4CC(F)(F)C4)CC3)n3ccnc(C)c23)ccc1NC(=O)O. The molecular weight excluding hydrogens is 444 g/mol. The number of fused-ring (bicyclic) bond motifs is 1. The van der Waals surface area contributed by atoms with E-state index in [9.17, 15) is 13.6 Å². The van der Waals surface area contributed by atoms with Crippen molar-refractivity contribution < 1.29 is 23.4 Å². The number of anilines is 1. The minimum atomic E-state index is -2.54. The van der Waals surface area contributed by atoms with Crippen molar-refractivity contribution in [2.24, 2.45) is 0 Å². The van der Waals surface area contributed by atoms with E-state index in [1.54, 1.807) is 18.3 Å². The monoisotopic (exact) mass is 471 g/mol. The van der Waals surface area contributed by atoms with Crippen LogP contribution in [0.5, 0.6) is 5.75 Å². The third-order valence-corrected chi connectivity index (χ3v) is 6.93. The molecule has 8 nitrogen and oxygen atoms in total. The normalized spacial score (nSPS) is 22.4. The van der Waals surface area contributed by atoms with Crippen LogP contribution in [0.25, 0.3) is 16.8 Å². The quantitative estimate of drug-likeness (QED) is 0.557. The Hall–Kier alpha value is -3.27. The number of imidazole rings is 1. The minimum Gasteiger partial charge on any atom is -0.495 e. The number of hydrogen-bond acceptors (Lipinski definition) is 5. The molecule has 1 aliphatic carbocycles. The van der Waals surface area contributed by atoms with Crippen molar-refractivity contribution in [3.63, 3.8) is 0 Å². The van der Waals surface area contributed by atoms with Crippen molar-refractivity contribution in [1.29, 1.82) is 0 Å². The lowest BCUT2D eigenvalue weighted by Crippen LogP contribution is -2.60. The van der Waals surface area contributed by atoms with E-state index in [0.717, 1.165) is 54.0 Å². The molecule has 180 valence electrons. The molecule has 1 saturated carbocycles. The number of nitrogens with one attached hydrogen (secondary N) is 1. The van der Waals surface area contributed by atoms with E-state index in [1.165, 1.54) is 7.11 Å². The topological polar surface area (TPSA) is 92.0 Å². The summed E-state index contributed by atoms with van der Waals surface area (Å²) in [7, 11) is 1.49. The van der Waals surface area contributed by atoms with Gasteiger partial charge < -0.3 is 9.84 Å². The van der Waals surface area contributed by atoms with Gasteiger partial charge in [-0.1, -0.05) is 6.07 Å². The highest BCUT2D eigenvalue weighted by Gasteiger charge is 2.47. The van der Waals surface area contributed by atoms with Crippen molar-refractivity contribution in [2.45, 2.75) is 50.5 Å². The van der Waals surface area contributed by atoms with Crippen LogP contribution in [0.1, 0.15) is 43.1 Å². The van der Waals surface area contributed by atoms with E-state index in [-0.39, 0.29) is 25.0 Å². The maximum absolute atomic E-state index is 13.3. The third-order valence-electron chi connectivity index (χ3n) is 6.93. The number of aryl methyl sites for hydroxylation is 1. The highest BCUT2D eigenvalue weighted by molar-refractivity contribution is 5.88. The van der Waals surface area contributed by atoms with Gasteiger partial charge in [-0.15, -0.1) is 0 Å². The summed E-state index contributed by atoms with van der Waals surface area (Å²) in [6.45, 7) is 1.68. The first-order chi connectivity index (χ1) is 16.3. The molecule has 0 atom stereocenters. The second kappa shape index (κ2) is 8.50. The minimum absolute atomic E-state index is 0.127. The summed E-state index contributed by atoms with van der Waals surface area (Å²) in [4.78, 5) is 22.5. The Balaban J connectivity index is 1.46. The number of likely N-dealkylation sites (tertiary alicyclic amines) is 1. The van der Waals surface area contributed by atoms with E-state index < -0.39 is 12.0 Å². The summed E-state index contributed by atoms with van der Waals surface area (Å²) in [5.74, 6) is -0.979. The number of aromatic nitrogens is 3. The molecule has 1 saturated heterocycles. The van der Waals surface area contributed by atoms with Crippen molar-refractivity contribution in [3.8, 4) is 17.0 Å². The van der Waals surface area contributed by atoms with Crippen LogP contribution in [0.3, 0.4) is 0 Å². The van der Waals surface area contributed by atoms with Crippen molar-refractivity contribution in [1.82, 2.24) is 19.3 Å². The lowest BCUT2D eigenvalue weighted by molar-refractivity contribution is -0.150. The second-order valence-corrected chi connectivity index (χ2v) is 9.16. The molecule has 1 amide bonds. The third kappa shape index (κ3) is 4.06. The van der Waals surface area contributed by atoms with E-state index >= 15 is 0 Å². The first-order valence-electron chi connectivity index (χ1n) is 11.4. The molecule has 1 aliphatic heterocycles. The molecule has 2 fully saturated rings. The molecule has 0 radical (unpaired) electrons. The van der Waals surface area contributed by atoms with Gasteiger partial charge >= 0.3 is 6.09 Å². The van der Waals surface area contributed by atoms with Crippen LogP contribution < -0.4 is 10.1 Å². The van der Waals surface area contributed by atoms with Crippen LogP contribution in [-0.4, -0.2) is 62.6 Å². The van der Waals surface area contributed by atoms with Crippen LogP contribution in [-0.2, 0) is 0 Å². The van der Waals surface area contributed by atoms with Gasteiger partial charge in [0, 0.05) is 29.9 Å². The first kappa shape index (κ1) is 22.5. The molecule has 5 rings (SSSR count). The van der Waals surface area contributed by atoms with Gasteiger partial charge in [-0.05, 0) is 44.7 Å². The number of ether oxygens (including phenoxy) is 1. The lowest BCUT2D eigenvalue weighted by Gasteiger charge is -2.46. The van der Waals surface area contributed by atoms with Gasteiger partial charge in [0.05, 0.1) is 42.8 Å². The predicted molar refractivity (Wildman–Crippen MR) is 123 cm³/mol. The molecule has 34 heavy (non-hydrogen) atoms. The molecule has 3 heterocycles. The van der Waals surface area contributed by atoms with Crippen LogP contribution in [0.15, 0.2) is 30.6 Å². The average molecular weight is 472 g/mol. The number of hydrogen-bond donors (Lipinski definition) is 2. The van der Waals surface area contributed by atoms with Gasteiger partial charge in [0.2, 0.25) is 0 Å². The van der Waals surface area contributed by atoms with Gasteiger partial charge in [-0.2, -0.15) is 0 Å². The van der Waals surface area contributed by atoms with Crippen LogP contribution in [0, 0.1) is 6.92 Å². The largest absolute Gasteiger partial charge is 0.495 e. The van der Waals surface area contributed by atoms with Crippen molar-refractivity contribution >= 4 is 17.3 Å². The number of alkyl halides is 2. The molecule has 1 aromatic carbocycles. The van der Waals surface area contributed by atoms with Gasteiger partial charge in [0.1, 0.15) is 11.6 Å². The Bertz CT molecular complexity index is 1230. The molecule has 3 aromatic rings. The maximum atomic E-state index is 13.3. The van der Waals surface area contributed by atoms with Gasteiger partial charge in [-0.25, -0.2) is 18.6 Å². The Morgan fingerprint density at radius 1 is 1.24 bits per heavy atom. The maximum Gasteiger partial charge on any atom is 0.409 e. The molecule has 10 heteroatoms. The van der Waals surface area contributed by atoms with E-state index in [0.29, 0.717) is 11.4 Å². The van der Waals surface area contributed by atoms with E-state index in [4.69, 9.17) is 14.8 Å². The fourth-order valence-electron chi connectivity index (χ4n) is 5.27. The summed E-state index contributed by atoms with van der Waals surface area (Å²) >= 11 is 0. The number of benzene rings is 1. The summed E-state index contributed by atoms with van der Waals surface area (Å²) in [5.41, 5.74) is 3.63. The van der Waals surface area contributed by atoms with Gasteiger partial charge in [0.15, 0.2) is 0 Å². The Labute approximate surface area is 195 Å². The number of nitrogens with zero attached hydrogens (tertiary/aromatic N) is 4. The van der Waals surface area contributed by atoms with Gasteiger partial charge in [0.25, 0.3) is 5.92 Å². The highest BCUT2D eigenvalue weighted by Crippen LogP contribution is 2.41. The van der Waals surface area contributed by atoms with Crippen LogP contribution >= 0.6 is 0 Å². The van der Waals surface area contributed by atoms with Gasteiger partial charge in [-0.3, -0.25) is 19.6 Å². The number of rotatable bonds is 5. The average Bonchev–Trinajstić information content (AvgIpc) is 3.18. The van der Waals surface area contributed by atoms with Crippen molar-refractivity contribution in [3.05, 3.63) is 42.1 Å². The number of halogens is 2. The molecule has 0 bridgehead atoms. The molecule has 0 spiro atoms. The zero-order valence-electron chi connectivity index (χ0n) is 19.1.